The van der Waals surface area contributed by atoms with E-state index in [-0.39, 0.29) is 5.56 Å². The van der Waals surface area contributed by atoms with Crippen molar-refractivity contribution in [3.63, 3.8) is 0 Å². The van der Waals surface area contributed by atoms with Crippen LogP contribution in [-0.4, -0.2) is 22.5 Å². The van der Waals surface area contributed by atoms with Crippen molar-refractivity contribution in [3.8, 4) is 0 Å². The van der Waals surface area contributed by atoms with Crippen molar-refractivity contribution in [2.75, 3.05) is 0 Å². The summed E-state index contributed by atoms with van der Waals surface area (Å²) in [6.07, 6.45) is 0.924. The highest BCUT2D eigenvalue weighted by molar-refractivity contribution is 5.97. The molecule has 104 valence electrons. The monoisotopic (exact) mass is 267 g/mol. The number of hydrogen-bond acceptors (Lipinski definition) is 2. The van der Waals surface area contributed by atoms with Crippen molar-refractivity contribution in [3.05, 3.63) is 35.1 Å². The Bertz CT molecular complexity index is 481. The number of aliphatic carboxylic acids is 1. The lowest BCUT2D eigenvalue weighted by Gasteiger charge is -2.25. The van der Waals surface area contributed by atoms with Crippen LogP contribution in [-0.2, 0) is 4.79 Å². The molecule has 1 unspecified atom stereocenters. The molecule has 0 aliphatic carbocycles. The summed E-state index contributed by atoms with van der Waals surface area (Å²) in [6, 6.07) is 3.92. The van der Waals surface area contributed by atoms with Crippen LogP contribution in [0.1, 0.15) is 42.6 Å². The number of carboxylic acids is 1. The van der Waals surface area contributed by atoms with Crippen molar-refractivity contribution in [2.24, 2.45) is 0 Å². The lowest BCUT2D eigenvalue weighted by Crippen LogP contribution is -2.52. The molecule has 0 saturated carbocycles. The van der Waals surface area contributed by atoms with E-state index in [4.69, 9.17) is 0 Å². The maximum Gasteiger partial charge on any atom is 0.329 e. The van der Waals surface area contributed by atoms with Gasteiger partial charge in [-0.3, -0.25) is 4.79 Å². The number of carbonyl (C=O) groups is 2. The number of benzene rings is 1. The number of rotatable bonds is 5. The first kappa shape index (κ1) is 15.1. The third kappa shape index (κ3) is 3.77. The Morgan fingerprint density at radius 1 is 1.37 bits per heavy atom. The summed E-state index contributed by atoms with van der Waals surface area (Å²) >= 11 is 0. The van der Waals surface area contributed by atoms with E-state index in [0.29, 0.717) is 18.4 Å². The number of aryl methyl sites for hydroxylation is 1. The number of amides is 1. The van der Waals surface area contributed by atoms with Crippen LogP contribution in [0.5, 0.6) is 0 Å². The molecule has 0 aliphatic rings. The van der Waals surface area contributed by atoms with Crippen molar-refractivity contribution >= 4 is 11.9 Å². The van der Waals surface area contributed by atoms with Crippen molar-refractivity contribution in [1.29, 1.82) is 0 Å². The van der Waals surface area contributed by atoms with Gasteiger partial charge in [0.15, 0.2) is 0 Å². The van der Waals surface area contributed by atoms with Gasteiger partial charge in [0, 0.05) is 5.56 Å². The van der Waals surface area contributed by atoms with E-state index < -0.39 is 23.2 Å². The van der Waals surface area contributed by atoms with E-state index in [1.807, 2.05) is 6.92 Å². The van der Waals surface area contributed by atoms with E-state index in [1.165, 1.54) is 19.1 Å². The van der Waals surface area contributed by atoms with Gasteiger partial charge >= 0.3 is 5.97 Å². The zero-order valence-corrected chi connectivity index (χ0v) is 11.3. The SMILES string of the molecule is CCCC(C)(NC(=O)c1cc(C)cc(F)c1)C(=O)O. The standard InChI is InChI=1S/C14H18FNO3/c1-4-5-14(3,13(18)19)16-12(17)10-6-9(2)7-11(15)8-10/h6-8H,4-5H2,1-3H3,(H,16,17)(H,18,19). The second-order valence-corrected chi connectivity index (χ2v) is 4.86. The minimum absolute atomic E-state index is 0.126. The average molecular weight is 267 g/mol. The highest BCUT2D eigenvalue weighted by atomic mass is 19.1. The molecule has 1 amide bonds. The van der Waals surface area contributed by atoms with Gasteiger partial charge in [0.05, 0.1) is 0 Å². The largest absolute Gasteiger partial charge is 0.480 e. The first-order chi connectivity index (χ1) is 8.78. The van der Waals surface area contributed by atoms with Crippen LogP contribution >= 0.6 is 0 Å². The molecule has 0 heterocycles. The van der Waals surface area contributed by atoms with Crippen LogP contribution in [0.4, 0.5) is 4.39 Å². The van der Waals surface area contributed by atoms with Gasteiger partial charge in [-0.1, -0.05) is 13.3 Å². The molecule has 5 heteroatoms. The number of halogens is 1. The fourth-order valence-electron chi connectivity index (χ4n) is 1.91. The first-order valence-corrected chi connectivity index (χ1v) is 6.11. The van der Waals surface area contributed by atoms with Gasteiger partial charge in [0.25, 0.3) is 5.91 Å². The quantitative estimate of drug-likeness (QED) is 0.861. The lowest BCUT2D eigenvalue weighted by atomic mass is 9.95. The molecule has 1 rings (SSSR count). The Morgan fingerprint density at radius 3 is 2.47 bits per heavy atom. The van der Waals surface area contributed by atoms with E-state index in [9.17, 15) is 19.1 Å². The summed E-state index contributed by atoms with van der Waals surface area (Å²) in [6.45, 7) is 4.95. The molecule has 0 fully saturated rings. The smallest absolute Gasteiger partial charge is 0.329 e. The van der Waals surface area contributed by atoms with E-state index >= 15 is 0 Å². The Balaban J connectivity index is 2.97. The summed E-state index contributed by atoms with van der Waals surface area (Å²) in [7, 11) is 0. The highest BCUT2D eigenvalue weighted by Crippen LogP contribution is 2.15. The Morgan fingerprint density at radius 2 is 2.00 bits per heavy atom. The Hall–Kier alpha value is -1.91. The van der Waals surface area contributed by atoms with Gasteiger partial charge in [-0.25, -0.2) is 9.18 Å². The molecule has 0 spiro atoms. The number of hydrogen-bond donors (Lipinski definition) is 2. The summed E-state index contributed by atoms with van der Waals surface area (Å²) in [4.78, 5) is 23.2. The zero-order chi connectivity index (χ0) is 14.6. The topological polar surface area (TPSA) is 66.4 Å². The second kappa shape index (κ2) is 5.82. The van der Waals surface area contributed by atoms with Crippen LogP contribution in [0.15, 0.2) is 18.2 Å². The molecular formula is C14H18FNO3. The lowest BCUT2D eigenvalue weighted by molar-refractivity contribution is -0.144. The van der Waals surface area contributed by atoms with Crippen LogP contribution in [0.25, 0.3) is 0 Å². The maximum atomic E-state index is 13.2. The van der Waals surface area contributed by atoms with Gasteiger partial charge in [0.1, 0.15) is 11.4 Å². The van der Waals surface area contributed by atoms with Gasteiger partial charge < -0.3 is 10.4 Å². The number of carbonyl (C=O) groups excluding carboxylic acids is 1. The van der Waals surface area contributed by atoms with Gasteiger partial charge in [-0.15, -0.1) is 0 Å². The molecule has 19 heavy (non-hydrogen) atoms. The molecule has 0 aliphatic heterocycles. The van der Waals surface area contributed by atoms with Crippen LogP contribution in [0.2, 0.25) is 0 Å². The predicted molar refractivity (Wildman–Crippen MR) is 69.6 cm³/mol. The van der Waals surface area contributed by atoms with Crippen LogP contribution in [0.3, 0.4) is 0 Å². The number of carboxylic acid groups (broad SMARTS) is 1. The van der Waals surface area contributed by atoms with Crippen molar-refractivity contribution in [2.45, 2.75) is 39.2 Å². The average Bonchev–Trinajstić information content (AvgIpc) is 2.27. The van der Waals surface area contributed by atoms with Crippen LogP contribution in [0, 0.1) is 12.7 Å². The molecule has 2 N–H and O–H groups in total. The third-order valence-electron chi connectivity index (χ3n) is 2.92. The van der Waals surface area contributed by atoms with E-state index in [0.717, 1.165) is 6.07 Å². The van der Waals surface area contributed by atoms with E-state index in [1.54, 1.807) is 6.92 Å². The second-order valence-electron chi connectivity index (χ2n) is 4.86. The zero-order valence-electron chi connectivity index (χ0n) is 11.3. The third-order valence-corrected chi connectivity index (χ3v) is 2.92. The van der Waals surface area contributed by atoms with Crippen molar-refractivity contribution in [1.82, 2.24) is 5.32 Å². The van der Waals surface area contributed by atoms with E-state index in [2.05, 4.69) is 5.32 Å². The minimum atomic E-state index is -1.34. The summed E-state index contributed by atoms with van der Waals surface area (Å²) < 4.78 is 13.2. The predicted octanol–water partition coefficient (Wildman–Crippen LogP) is 2.51. The first-order valence-electron chi connectivity index (χ1n) is 6.11. The van der Waals surface area contributed by atoms with Crippen LogP contribution < -0.4 is 5.32 Å². The Kier molecular flexibility index (Phi) is 4.64. The molecule has 0 radical (unpaired) electrons. The molecule has 4 nitrogen and oxygen atoms in total. The maximum absolute atomic E-state index is 13.2. The number of nitrogens with one attached hydrogen (secondary N) is 1. The Labute approximate surface area is 111 Å². The summed E-state index contributed by atoms with van der Waals surface area (Å²) in [5, 5.41) is 11.6. The minimum Gasteiger partial charge on any atom is -0.480 e. The highest BCUT2D eigenvalue weighted by Gasteiger charge is 2.34. The molecule has 1 atom stereocenters. The molecule has 1 aromatic rings. The summed E-state index contributed by atoms with van der Waals surface area (Å²) in [5.74, 6) is -2.20. The van der Waals surface area contributed by atoms with Gasteiger partial charge in [-0.05, 0) is 44.0 Å². The summed E-state index contributed by atoms with van der Waals surface area (Å²) in [5.41, 5.74) is -0.606. The molecule has 0 aromatic heterocycles. The molecule has 0 bridgehead atoms. The van der Waals surface area contributed by atoms with Crippen molar-refractivity contribution < 1.29 is 19.1 Å². The molecule has 1 aromatic carbocycles. The molecular weight excluding hydrogens is 249 g/mol. The van der Waals surface area contributed by atoms with Gasteiger partial charge in [0.2, 0.25) is 0 Å². The normalized spacial score (nSPS) is 13.7. The van der Waals surface area contributed by atoms with Gasteiger partial charge in [-0.2, -0.15) is 0 Å². The fraction of sp³-hybridized carbons (Fsp3) is 0.429. The fourth-order valence-corrected chi connectivity index (χ4v) is 1.91. The molecule has 0 saturated heterocycles.